The lowest BCUT2D eigenvalue weighted by Crippen LogP contribution is -2.57. The van der Waals surface area contributed by atoms with Gasteiger partial charge in [0.25, 0.3) is 11.6 Å². The van der Waals surface area contributed by atoms with Crippen LogP contribution in [0.5, 0.6) is 5.75 Å². The van der Waals surface area contributed by atoms with E-state index >= 15 is 0 Å². The van der Waals surface area contributed by atoms with Crippen LogP contribution in [0.15, 0.2) is 59.7 Å². The predicted octanol–water partition coefficient (Wildman–Crippen LogP) is 3.52. The summed E-state index contributed by atoms with van der Waals surface area (Å²) in [4.78, 5) is 12.4. The number of rotatable bonds is 5. The summed E-state index contributed by atoms with van der Waals surface area (Å²) in [5.41, 5.74) is -2.00. The van der Waals surface area contributed by atoms with E-state index in [0.717, 1.165) is 12.0 Å². The quantitative estimate of drug-likeness (QED) is 0.847. The van der Waals surface area contributed by atoms with Gasteiger partial charge in [0, 0.05) is 0 Å². The fourth-order valence-corrected chi connectivity index (χ4v) is 2.85. The average molecular weight is 392 g/mol. The smallest absolute Gasteiger partial charge is 0.438 e. The summed E-state index contributed by atoms with van der Waals surface area (Å²) in [6.07, 6.45) is -5.15. The minimum atomic E-state index is -5.08. The minimum Gasteiger partial charge on any atom is -0.484 e. The Bertz CT molecular complexity index is 867. The van der Waals surface area contributed by atoms with Gasteiger partial charge in [-0.15, -0.1) is 0 Å². The molecule has 1 unspecified atom stereocenters. The Labute approximate surface area is 160 Å². The van der Waals surface area contributed by atoms with Crippen molar-refractivity contribution < 1.29 is 27.8 Å². The van der Waals surface area contributed by atoms with Crippen molar-refractivity contribution in [1.29, 1.82) is 0 Å². The number of hydrogen-bond donors (Lipinski definition) is 1. The van der Waals surface area contributed by atoms with Crippen LogP contribution in [0.25, 0.3) is 0 Å². The number of nitrogens with zero attached hydrogens (tertiary/aromatic N) is 2. The van der Waals surface area contributed by atoms with E-state index in [1.807, 2.05) is 6.92 Å². The summed E-state index contributed by atoms with van der Waals surface area (Å²) < 4.78 is 45.9. The Kier molecular flexibility index (Phi) is 5.42. The van der Waals surface area contributed by atoms with Crippen molar-refractivity contribution in [2.24, 2.45) is 5.10 Å². The first-order valence-electron chi connectivity index (χ1n) is 8.71. The van der Waals surface area contributed by atoms with Crippen molar-refractivity contribution in [3.05, 3.63) is 65.7 Å². The standard InChI is InChI=1S/C20H19F3N2O3/c1-2-14-8-10-15(11-9-14)17-12-19(27,20(21,22)23)25(24-17)18(26)13-28-16-6-4-3-5-7-16/h3-11,27H,2,12-13H2,1H3. The molecule has 0 saturated carbocycles. The van der Waals surface area contributed by atoms with Gasteiger partial charge in [-0.25, -0.2) is 0 Å². The molecule has 0 saturated heterocycles. The van der Waals surface area contributed by atoms with Crippen molar-refractivity contribution in [2.75, 3.05) is 6.61 Å². The first-order chi connectivity index (χ1) is 13.2. The van der Waals surface area contributed by atoms with Crippen LogP contribution in [-0.4, -0.2) is 40.2 Å². The van der Waals surface area contributed by atoms with Crippen molar-refractivity contribution in [3.8, 4) is 5.75 Å². The molecule has 0 fully saturated rings. The average Bonchev–Trinajstić information content (AvgIpc) is 3.06. The fraction of sp³-hybridized carbons (Fsp3) is 0.300. The third-order valence-corrected chi connectivity index (χ3v) is 4.48. The van der Waals surface area contributed by atoms with E-state index in [1.165, 1.54) is 0 Å². The first-order valence-corrected chi connectivity index (χ1v) is 8.71. The summed E-state index contributed by atoms with van der Waals surface area (Å²) >= 11 is 0. The number of carbonyl (C=O) groups is 1. The predicted molar refractivity (Wildman–Crippen MR) is 96.8 cm³/mol. The third kappa shape index (κ3) is 3.87. The summed E-state index contributed by atoms with van der Waals surface area (Å²) in [5.74, 6) is -0.770. The lowest BCUT2D eigenvalue weighted by atomic mass is 9.99. The maximum atomic E-state index is 13.6. The molecule has 0 bridgehead atoms. The van der Waals surface area contributed by atoms with Crippen molar-refractivity contribution in [3.63, 3.8) is 0 Å². The van der Waals surface area contributed by atoms with Gasteiger partial charge in [0.2, 0.25) is 0 Å². The zero-order chi connectivity index (χ0) is 20.4. The van der Waals surface area contributed by atoms with E-state index in [4.69, 9.17) is 4.74 Å². The second-order valence-electron chi connectivity index (χ2n) is 6.40. The van der Waals surface area contributed by atoms with Gasteiger partial charge >= 0.3 is 6.18 Å². The number of aliphatic hydroxyl groups is 1. The fourth-order valence-electron chi connectivity index (χ4n) is 2.85. The highest BCUT2D eigenvalue weighted by Gasteiger charge is 2.63. The molecule has 1 N–H and O–H groups in total. The first kappa shape index (κ1) is 19.9. The van der Waals surface area contributed by atoms with Gasteiger partial charge in [-0.05, 0) is 29.7 Å². The molecule has 2 aromatic rings. The SMILES string of the molecule is CCc1ccc(C2=NN(C(=O)COc3ccccc3)C(O)(C(F)(F)F)C2)cc1. The molecule has 1 heterocycles. The second-order valence-corrected chi connectivity index (χ2v) is 6.40. The van der Waals surface area contributed by atoms with Crippen LogP contribution in [0.3, 0.4) is 0 Å². The van der Waals surface area contributed by atoms with Crippen LogP contribution < -0.4 is 4.74 Å². The van der Waals surface area contributed by atoms with Crippen LogP contribution >= 0.6 is 0 Å². The lowest BCUT2D eigenvalue weighted by molar-refractivity contribution is -0.302. The molecule has 8 heteroatoms. The van der Waals surface area contributed by atoms with E-state index in [0.29, 0.717) is 11.3 Å². The minimum absolute atomic E-state index is 0.0180. The zero-order valence-corrected chi connectivity index (χ0v) is 15.1. The largest absolute Gasteiger partial charge is 0.484 e. The van der Waals surface area contributed by atoms with Gasteiger partial charge in [-0.1, -0.05) is 49.4 Å². The Morgan fingerprint density at radius 2 is 1.82 bits per heavy atom. The number of ether oxygens (including phenoxy) is 1. The number of amides is 1. The molecular formula is C20H19F3N2O3. The molecule has 0 aromatic heterocycles. The topological polar surface area (TPSA) is 62.1 Å². The Balaban J connectivity index is 1.85. The molecule has 0 aliphatic carbocycles. The number of hydrogen-bond acceptors (Lipinski definition) is 4. The van der Waals surface area contributed by atoms with Gasteiger partial charge in [0.15, 0.2) is 6.61 Å². The summed E-state index contributed by atoms with van der Waals surface area (Å²) in [7, 11) is 0. The summed E-state index contributed by atoms with van der Waals surface area (Å²) in [6, 6.07) is 15.0. The number of alkyl halides is 3. The molecule has 1 atom stereocenters. The number of hydrazone groups is 1. The van der Waals surface area contributed by atoms with Gasteiger partial charge in [0.05, 0.1) is 12.1 Å². The highest BCUT2D eigenvalue weighted by atomic mass is 19.4. The highest BCUT2D eigenvalue weighted by molar-refractivity contribution is 6.03. The van der Waals surface area contributed by atoms with Gasteiger partial charge < -0.3 is 9.84 Å². The molecule has 1 amide bonds. The molecule has 0 radical (unpaired) electrons. The number of para-hydroxylation sites is 1. The van der Waals surface area contributed by atoms with Gasteiger partial charge in [0.1, 0.15) is 5.75 Å². The number of carbonyl (C=O) groups excluding carboxylic acids is 1. The lowest BCUT2D eigenvalue weighted by Gasteiger charge is -2.32. The highest BCUT2D eigenvalue weighted by Crippen LogP contribution is 2.41. The van der Waals surface area contributed by atoms with Crippen LogP contribution in [-0.2, 0) is 11.2 Å². The zero-order valence-electron chi connectivity index (χ0n) is 15.1. The third-order valence-electron chi connectivity index (χ3n) is 4.48. The maximum Gasteiger partial charge on any atom is 0.438 e. The molecule has 0 spiro atoms. The number of aryl methyl sites for hydroxylation is 1. The molecule has 28 heavy (non-hydrogen) atoms. The molecular weight excluding hydrogens is 373 g/mol. The van der Waals surface area contributed by atoms with E-state index in [9.17, 15) is 23.1 Å². The number of benzene rings is 2. The molecule has 5 nitrogen and oxygen atoms in total. The van der Waals surface area contributed by atoms with Crippen LogP contribution in [0.2, 0.25) is 0 Å². The van der Waals surface area contributed by atoms with E-state index in [-0.39, 0.29) is 10.7 Å². The van der Waals surface area contributed by atoms with Crippen LogP contribution in [0.4, 0.5) is 13.2 Å². The van der Waals surface area contributed by atoms with Gasteiger partial charge in [-0.3, -0.25) is 4.79 Å². The van der Waals surface area contributed by atoms with Crippen LogP contribution in [0, 0.1) is 0 Å². The monoisotopic (exact) mass is 392 g/mol. The van der Waals surface area contributed by atoms with Crippen molar-refractivity contribution in [1.82, 2.24) is 5.01 Å². The molecule has 2 aromatic carbocycles. The molecule has 1 aliphatic heterocycles. The van der Waals surface area contributed by atoms with Gasteiger partial charge in [-0.2, -0.15) is 23.3 Å². The molecule has 1 aliphatic rings. The van der Waals surface area contributed by atoms with Crippen molar-refractivity contribution >= 4 is 11.6 Å². The second kappa shape index (κ2) is 7.63. The summed E-state index contributed by atoms with van der Waals surface area (Å²) in [6.45, 7) is 1.27. The molecule has 148 valence electrons. The van der Waals surface area contributed by atoms with E-state index in [2.05, 4.69) is 5.10 Å². The van der Waals surface area contributed by atoms with Crippen molar-refractivity contribution in [2.45, 2.75) is 31.7 Å². The Morgan fingerprint density at radius 3 is 2.39 bits per heavy atom. The van der Waals surface area contributed by atoms with E-state index < -0.39 is 30.8 Å². The maximum absolute atomic E-state index is 13.6. The number of halogens is 3. The normalized spacial score (nSPS) is 19.5. The molecule has 3 rings (SSSR count). The van der Waals surface area contributed by atoms with E-state index in [1.54, 1.807) is 54.6 Å². The summed E-state index contributed by atoms with van der Waals surface area (Å²) in [5, 5.41) is 14.2. The Hall–Kier alpha value is -2.87. The Morgan fingerprint density at radius 1 is 1.18 bits per heavy atom. The van der Waals surface area contributed by atoms with Crippen LogP contribution in [0.1, 0.15) is 24.5 Å².